The summed E-state index contributed by atoms with van der Waals surface area (Å²) in [7, 11) is 0. The van der Waals surface area contributed by atoms with E-state index in [0.717, 1.165) is 16.8 Å². The van der Waals surface area contributed by atoms with Gasteiger partial charge in [-0.25, -0.2) is 0 Å². The van der Waals surface area contributed by atoms with E-state index in [1.807, 2.05) is 37.4 Å². The molecule has 1 heterocycles. The zero-order valence-electron chi connectivity index (χ0n) is 10.0. The van der Waals surface area contributed by atoms with Crippen molar-refractivity contribution >= 4 is 5.69 Å². The van der Waals surface area contributed by atoms with Gasteiger partial charge in [-0.15, -0.1) is 0 Å². The van der Waals surface area contributed by atoms with Gasteiger partial charge >= 0.3 is 0 Å². The van der Waals surface area contributed by atoms with E-state index in [0.29, 0.717) is 5.75 Å². The highest BCUT2D eigenvalue weighted by Gasteiger charge is 2.05. The standard InChI is InChI=1S/C14H16N2O/c1-10-8-13(5-6-14(10)17)16-11(2)12-4-3-7-15-9-12/h3-9,11,16-17H,1-2H3. The Labute approximate surface area is 101 Å². The molecule has 0 saturated carbocycles. The highest BCUT2D eigenvalue weighted by atomic mass is 16.3. The molecule has 1 unspecified atom stereocenters. The molecule has 2 rings (SSSR count). The van der Waals surface area contributed by atoms with Crippen LogP contribution >= 0.6 is 0 Å². The van der Waals surface area contributed by atoms with Gasteiger partial charge in [-0.2, -0.15) is 0 Å². The van der Waals surface area contributed by atoms with Crippen molar-refractivity contribution in [2.75, 3.05) is 5.32 Å². The number of aromatic hydroxyl groups is 1. The third-order valence-corrected chi connectivity index (χ3v) is 2.76. The largest absolute Gasteiger partial charge is 0.508 e. The number of rotatable bonds is 3. The summed E-state index contributed by atoms with van der Waals surface area (Å²) in [6.07, 6.45) is 3.62. The Morgan fingerprint density at radius 1 is 1.29 bits per heavy atom. The van der Waals surface area contributed by atoms with Crippen molar-refractivity contribution in [3.8, 4) is 5.75 Å². The van der Waals surface area contributed by atoms with Crippen molar-refractivity contribution < 1.29 is 5.11 Å². The molecule has 0 bridgehead atoms. The van der Waals surface area contributed by atoms with Gasteiger partial charge < -0.3 is 10.4 Å². The number of pyridine rings is 1. The summed E-state index contributed by atoms with van der Waals surface area (Å²) in [5.41, 5.74) is 3.00. The van der Waals surface area contributed by atoms with E-state index in [2.05, 4.69) is 17.2 Å². The average molecular weight is 228 g/mol. The molecular weight excluding hydrogens is 212 g/mol. The maximum absolute atomic E-state index is 9.46. The molecule has 1 aromatic heterocycles. The number of benzene rings is 1. The zero-order chi connectivity index (χ0) is 12.3. The smallest absolute Gasteiger partial charge is 0.118 e. The van der Waals surface area contributed by atoms with Gasteiger partial charge in [-0.1, -0.05) is 6.07 Å². The van der Waals surface area contributed by atoms with Crippen LogP contribution in [0.3, 0.4) is 0 Å². The first-order chi connectivity index (χ1) is 8.16. The molecule has 0 fully saturated rings. The van der Waals surface area contributed by atoms with Crippen molar-refractivity contribution in [2.45, 2.75) is 19.9 Å². The average Bonchev–Trinajstić information content (AvgIpc) is 2.35. The summed E-state index contributed by atoms with van der Waals surface area (Å²) in [6.45, 7) is 3.97. The van der Waals surface area contributed by atoms with Crippen molar-refractivity contribution in [1.82, 2.24) is 4.98 Å². The Hall–Kier alpha value is -2.03. The molecule has 1 aromatic carbocycles. The van der Waals surface area contributed by atoms with Gasteiger partial charge in [0, 0.05) is 18.1 Å². The number of aromatic nitrogens is 1. The van der Waals surface area contributed by atoms with Crippen LogP contribution in [0.15, 0.2) is 42.7 Å². The van der Waals surface area contributed by atoms with Crippen LogP contribution in [0.4, 0.5) is 5.69 Å². The van der Waals surface area contributed by atoms with E-state index in [4.69, 9.17) is 0 Å². The van der Waals surface area contributed by atoms with Crippen molar-refractivity contribution in [2.24, 2.45) is 0 Å². The number of nitrogens with zero attached hydrogens (tertiary/aromatic N) is 1. The first kappa shape index (κ1) is 11.5. The summed E-state index contributed by atoms with van der Waals surface area (Å²) >= 11 is 0. The van der Waals surface area contributed by atoms with E-state index in [9.17, 15) is 5.11 Å². The summed E-state index contributed by atoms with van der Waals surface area (Å²) < 4.78 is 0. The lowest BCUT2D eigenvalue weighted by Gasteiger charge is -2.15. The molecule has 88 valence electrons. The number of hydrogen-bond donors (Lipinski definition) is 2. The van der Waals surface area contributed by atoms with Crippen LogP contribution in [0.1, 0.15) is 24.1 Å². The SMILES string of the molecule is Cc1cc(NC(C)c2cccnc2)ccc1O. The summed E-state index contributed by atoms with van der Waals surface area (Å²) in [5, 5.41) is 12.8. The molecule has 0 aliphatic carbocycles. The Morgan fingerprint density at radius 2 is 2.12 bits per heavy atom. The lowest BCUT2D eigenvalue weighted by molar-refractivity contribution is 0.471. The number of phenolic OH excluding ortho intramolecular Hbond substituents is 1. The third kappa shape index (κ3) is 2.75. The molecule has 1 atom stereocenters. The second-order valence-electron chi connectivity index (χ2n) is 4.15. The minimum atomic E-state index is 0.188. The second kappa shape index (κ2) is 4.87. The van der Waals surface area contributed by atoms with Crippen LogP contribution in [0, 0.1) is 6.92 Å². The van der Waals surface area contributed by atoms with Gasteiger partial charge in [0.05, 0.1) is 6.04 Å². The molecular formula is C14H16N2O. The number of phenols is 1. The first-order valence-electron chi connectivity index (χ1n) is 5.63. The van der Waals surface area contributed by atoms with Crippen LogP contribution in [0.5, 0.6) is 5.75 Å². The van der Waals surface area contributed by atoms with Gasteiger partial charge in [0.1, 0.15) is 5.75 Å². The highest BCUT2D eigenvalue weighted by Crippen LogP contribution is 2.23. The summed E-state index contributed by atoms with van der Waals surface area (Å²) in [5.74, 6) is 0.324. The number of hydrogen-bond acceptors (Lipinski definition) is 3. The maximum atomic E-state index is 9.46. The molecule has 0 radical (unpaired) electrons. The fourth-order valence-electron chi connectivity index (χ4n) is 1.71. The number of aryl methyl sites for hydroxylation is 1. The predicted molar refractivity (Wildman–Crippen MR) is 69.1 cm³/mol. The van der Waals surface area contributed by atoms with Gasteiger partial charge in [0.25, 0.3) is 0 Å². The van der Waals surface area contributed by atoms with Crippen molar-refractivity contribution in [3.63, 3.8) is 0 Å². The van der Waals surface area contributed by atoms with E-state index in [1.165, 1.54) is 0 Å². The van der Waals surface area contributed by atoms with Crippen LogP contribution in [-0.2, 0) is 0 Å². The zero-order valence-corrected chi connectivity index (χ0v) is 10.0. The summed E-state index contributed by atoms with van der Waals surface area (Å²) in [6, 6.07) is 9.66. The molecule has 0 saturated heterocycles. The molecule has 0 aliphatic heterocycles. The Bertz CT molecular complexity index is 497. The molecule has 0 amide bonds. The molecule has 3 nitrogen and oxygen atoms in total. The fourth-order valence-corrected chi connectivity index (χ4v) is 1.71. The van der Waals surface area contributed by atoms with E-state index in [-0.39, 0.29) is 6.04 Å². The van der Waals surface area contributed by atoms with Gasteiger partial charge in [-0.3, -0.25) is 4.98 Å². The molecule has 0 spiro atoms. The minimum Gasteiger partial charge on any atom is -0.508 e. The fraction of sp³-hybridized carbons (Fsp3) is 0.214. The predicted octanol–water partition coefficient (Wildman–Crippen LogP) is 3.27. The van der Waals surface area contributed by atoms with Crippen molar-refractivity contribution in [1.29, 1.82) is 0 Å². The van der Waals surface area contributed by atoms with Gasteiger partial charge in [0.2, 0.25) is 0 Å². The minimum absolute atomic E-state index is 0.188. The molecule has 0 aliphatic rings. The van der Waals surface area contributed by atoms with Gasteiger partial charge in [-0.05, 0) is 49.2 Å². The quantitative estimate of drug-likeness (QED) is 0.792. The van der Waals surface area contributed by atoms with E-state index >= 15 is 0 Å². The first-order valence-corrected chi connectivity index (χ1v) is 5.63. The Morgan fingerprint density at radius 3 is 2.76 bits per heavy atom. The van der Waals surface area contributed by atoms with Gasteiger partial charge in [0.15, 0.2) is 0 Å². The lowest BCUT2D eigenvalue weighted by atomic mass is 10.1. The topological polar surface area (TPSA) is 45.2 Å². The molecule has 17 heavy (non-hydrogen) atoms. The van der Waals surface area contributed by atoms with Crippen molar-refractivity contribution in [3.05, 3.63) is 53.9 Å². The van der Waals surface area contributed by atoms with Crippen LogP contribution < -0.4 is 5.32 Å². The van der Waals surface area contributed by atoms with Crippen LogP contribution in [0.25, 0.3) is 0 Å². The Balaban J connectivity index is 2.13. The number of nitrogens with one attached hydrogen (secondary N) is 1. The third-order valence-electron chi connectivity index (χ3n) is 2.76. The number of anilines is 1. The Kier molecular flexibility index (Phi) is 3.28. The lowest BCUT2D eigenvalue weighted by Crippen LogP contribution is -2.06. The monoisotopic (exact) mass is 228 g/mol. The second-order valence-corrected chi connectivity index (χ2v) is 4.15. The summed E-state index contributed by atoms with van der Waals surface area (Å²) in [4.78, 5) is 4.10. The van der Waals surface area contributed by atoms with Crippen LogP contribution in [0.2, 0.25) is 0 Å². The molecule has 2 aromatic rings. The molecule has 3 heteroatoms. The van der Waals surface area contributed by atoms with E-state index < -0.39 is 0 Å². The molecule has 2 N–H and O–H groups in total. The van der Waals surface area contributed by atoms with E-state index in [1.54, 1.807) is 12.3 Å². The highest BCUT2D eigenvalue weighted by molar-refractivity contribution is 5.51. The normalized spacial score (nSPS) is 12.1. The van der Waals surface area contributed by atoms with Crippen LogP contribution in [-0.4, -0.2) is 10.1 Å². The maximum Gasteiger partial charge on any atom is 0.118 e.